The van der Waals surface area contributed by atoms with Crippen molar-refractivity contribution in [2.45, 2.75) is 24.9 Å². The fourth-order valence-corrected chi connectivity index (χ4v) is 5.96. The normalized spacial score (nSPS) is 22.6. The van der Waals surface area contributed by atoms with Gasteiger partial charge in [0.2, 0.25) is 11.8 Å². The number of H-pyrrole nitrogens is 1. The van der Waals surface area contributed by atoms with E-state index >= 15 is 0 Å². The van der Waals surface area contributed by atoms with Gasteiger partial charge < -0.3 is 24.3 Å². The highest BCUT2D eigenvalue weighted by Gasteiger charge is 2.48. The molecule has 6 rings (SSSR count). The number of para-hydroxylation sites is 1. The van der Waals surface area contributed by atoms with E-state index in [9.17, 15) is 9.59 Å². The fourth-order valence-electron chi connectivity index (χ4n) is 5.96. The number of piperazine rings is 1. The number of methoxy groups -OCH3 is 1. The minimum Gasteiger partial charge on any atom is -0.497 e. The van der Waals surface area contributed by atoms with E-state index in [2.05, 4.69) is 22.0 Å². The number of hydrogen-bond donors (Lipinski definition) is 1. The molecule has 0 saturated carbocycles. The lowest BCUT2D eigenvalue weighted by molar-refractivity contribution is -0.158. The molecule has 2 amide bonds. The van der Waals surface area contributed by atoms with E-state index in [1.165, 1.54) is 0 Å². The Labute approximate surface area is 210 Å². The first-order chi connectivity index (χ1) is 17.6. The first-order valence-corrected chi connectivity index (χ1v) is 12.8. The third-order valence-electron chi connectivity index (χ3n) is 7.78. The summed E-state index contributed by atoms with van der Waals surface area (Å²) in [4.78, 5) is 37.0. The molecule has 0 bridgehead atoms. The van der Waals surface area contributed by atoms with Crippen LogP contribution in [0.1, 0.15) is 29.3 Å². The molecule has 3 aliphatic heterocycles. The lowest BCUT2D eigenvalue weighted by Crippen LogP contribution is -2.63. The SMILES string of the molecule is COc1ccc([C@@H]2c3[nH]c4ccccc4c3C[C@H]3C(=O)N(CCCN4CCOCC4)CC(=O)N23)cc1. The summed E-state index contributed by atoms with van der Waals surface area (Å²) in [6.07, 6.45) is 1.38. The van der Waals surface area contributed by atoms with Gasteiger partial charge in [0.25, 0.3) is 0 Å². The first kappa shape index (κ1) is 23.1. The molecule has 8 heteroatoms. The third-order valence-corrected chi connectivity index (χ3v) is 7.78. The highest BCUT2D eigenvalue weighted by atomic mass is 16.5. The van der Waals surface area contributed by atoms with Crippen LogP contribution in [0.5, 0.6) is 5.75 Å². The molecule has 1 aromatic heterocycles. The highest BCUT2D eigenvalue weighted by Crippen LogP contribution is 2.42. The molecule has 1 N–H and O–H groups in total. The summed E-state index contributed by atoms with van der Waals surface area (Å²) in [7, 11) is 1.64. The standard InChI is InChI=1S/C28H32N4O4/c1-35-20-9-7-19(8-10-20)27-26-22(21-5-2-3-6-23(21)29-26)17-24-28(34)31(18-25(33)32(24)27)12-4-11-30-13-15-36-16-14-30/h2-3,5-10,24,27,29H,4,11-18H2,1H3/t24-,27+/m0/s1. The van der Waals surface area contributed by atoms with Crippen LogP contribution in [-0.4, -0.2) is 90.6 Å². The predicted molar refractivity (Wildman–Crippen MR) is 136 cm³/mol. The average molecular weight is 489 g/mol. The molecule has 0 aliphatic carbocycles. The maximum Gasteiger partial charge on any atom is 0.246 e. The zero-order chi connectivity index (χ0) is 24.6. The minimum absolute atomic E-state index is 0.00361. The van der Waals surface area contributed by atoms with Gasteiger partial charge in [0, 0.05) is 49.2 Å². The van der Waals surface area contributed by atoms with Crippen LogP contribution in [-0.2, 0) is 20.7 Å². The van der Waals surface area contributed by atoms with Crippen LogP contribution < -0.4 is 4.74 Å². The number of morpholine rings is 1. The molecule has 2 atom stereocenters. The second kappa shape index (κ2) is 9.59. The average Bonchev–Trinajstić information content (AvgIpc) is 3.29. The summed E-state index contributed by atoms with van der Waals surface area (Å²) in [6, 6.07) is 15.1. The van der Waals surface area contributed by atoms with Crippen molar-refractivity contribution in [2.75, 3.05) is 53.0 Å². The number of ether oxygens (including phenoxy) is 2. The number of nitrogens with one attached hydrogen (secondary N) is 1. The van der Waals surface area contributed by atoms with Gasteiger partial charge in [-0.2, -0.15) is 0 Å². The van der Waals surface area contributed by atoms with Crippen LogP contribution in [0, 0.1) is 0 Å². The molecule has 4 heterocycles. The monoisotopic (exact) mass is 488 g/mol. The Kier molecular flexibility index (Phi) is 6.15. The number of aromatic amines is 1. The van der Waals surface area contributed by atoms with Gasteiger partial charge >= 0.3 is 0 Å². The molecule has 3 aliphatic rings. The Hall–Kier alpha value is -3.36. The van der Waals surface area contributed by atoms with Crippen molar-refractivity contribution >= 4 is 22.7 Å². The molecule has 2 aromatic carbocycles. The van der Waals surface area contributed by atoms with E-state index in [4.69, 9.17) is 9.47 Å². The lowest BCUT2D eigenvalue weighted by atomic mass is 9.86. The number of benzene rings is 2. The quantitative estimate of drug-likeness (QED) is 0.577. The van der Waals surface area contributed by atoms with E-state index in [1.807, 2.05) is 41.3 Å². The van der Waals surface area contributed by atoms with Gasteiger partial charge in [-0.25, -0.2) is 0 Å². The zero-order valence-electron chi connectivity index (χ0n) is 20.6. The van der Waals surface area contributed by atoms with Crippen LogP contribution in [0.25, 0.3) is 10.9 Å². The molecular weight excluding hydrogens is 456 g/mol. The highest BCUT2D eigenvalue weighted by molar-refractivity contribution is 5.97. The van der Waals surface area contributed by atoms with Gasteiger partial charge in [0.05, 0.1) is 32.9 Å². The smallest absolute Gasteiger partial charge is 0.246 e. The van der Waals surface area contributed by atoms with E-state index in [0.717, 1.165) is 72.7 Å². The fraction of sp³-hybridized carbons (Fsp3) is 0.429. The largest absolute Gasteiger partial charge is 0.497 e. The van der Waals surface area contributed by atoms with E-state index in [1.54, 1.807) is 12.0 Å². The Bertz CT molecular complexity index is 1260. The number of carbonyl (C=O) groups is 2. The van der Waals surface area contributed by atoms with Crippen LogP contribution in [0.4, 0.5) is 0 Å². The molecule has 2 saturated heterocycles. The van der Waals surface area contributed by atoms with Gasteiger partial charge in [0.15, 0.2) is 0 Å². The molecule has 0 unspecified atom stereocenters. The number of rotatable bonds is 6. The summed E-state index contributed by atoms with van der Waals surface area (Å²) in [6.45, 7) is 5.01. The summed E-state index contributed by atoms with van der Waals surface area (Å²) < 4.78 is 10.8. The topological polar surface area (TPSA) is 78.1 Å². The van der Waals surface area contributed by atoms with Gasteiger partial charge in [0.1, 0.15) is 11.8 Å². The molecular formula is C28H32N4O4. The van der Waals surface area contributed by atoms with Gasteiger partial charge in [-0.1, -0.05) is 30.3 Å². The van der Waals surface area contributed by atoms with Crippen molar-refractivity contribution in [2.24, 2.45) is 0 Å². The molecule has 188 valence electrons. The predicted octanol–water partition coefficient (Wildman–Crippen LogP) is 2.58. The summed E-state index contributed by atoms with van der Waals surface area (Å²) >= 11 is 0. The molecule has 0 radical (unpaired) electrons. The summed E-state index contributed by atoms with van der Waals surface area (Å²) in [5, 5.41) is 1.12. The molecule has 0 spiro atoms. The Balaban J connectivity index is 1.31. The Morgan fingerprint density at radius 1 is 1.03 bits per heavy atom. The van der Waals surface area contributed by atoms with Crippen molar-refractivity contribution in [3.8, 4) is 5.75 Å². The number of fused-ring (bicyclic) bond motifs is 4. The van der Waals surface area contributed by atoms with Gasteiger partial charge in [-0.15, -0.1) is 0 Å². The number of amides is 2. The number of aromatic nitrogens is 1. The van der Waals surface area contributed by atoms with Crippen molar-refractivity contribution < 1.29 is 19.1 Å². The van der Waals surface area contributed by atoms with E-state index in [-0.39, 0.29) is 24.4 Å². The van der Waals surface area contributed by atoms with Gasteiger partial charge in [-0.3, -0.25) is 14.5 Å². The second-order valence-electron chi connectivity index (χ2n) is 9.83. The van der Waals surface area contributed by atoms with Crippen molar-refractivity contribution in [3.63, 3.8) is 0 Å². The van der Waals surface area contributed by atoms with Crippen LogP contribution in [0.3, 0.4) is 0 Å². The van der Waals surface area contributed by atoms with Crippen molar-refractivity contribution in [3.05, 3.63) is 65.4 Å². The lowest BCUT2D eigenvalue weighted by Gasteiger charge is -2.47. The minimum atomic E-state index is -0.506. The third kappa shape index (κ3) is 4.04. The van der Waals surface area contributed by atoms with Gasteiger partial charge in [-0.05, 0) is 35.7 Å². The number of carbonyl (C=O) groups excluding carboxylic acids is 2. The molecule has 8 nitrogen and oxygen atoms in total. The maximum atomic E-state index is 13.8. The van der Waals surface area contributed by atoms with E-state index < -0.39 is 6.04 Å². The number of hydrogen-bond acceptors (Lipinski definition) is 5. The maximum absolute atomic E-state index is 13.8. The van der Waals surface area contributed by atoms with Crippen LogP contribution in [0.2, 0.25) is 0 Å². The zero-order valence-corrected chi connectivity index (χ0v) is 20.6. The number of nitrogens with zero attached hydrogens (tertiary/aromatic N) is 3. The second-order valence-corrected chi connectivity index (χ2v) is 9.83. The molecule has 3 aromatic rings. The summed E-state index contributed by atoms with van der Waals surface area (Å²) in [5.74, 6) is 0.803. The molecule has 36 heavy (non-hydrogen) atoms. The van der Waals surface area contributed by atoms with Crippen molar-refractivity contribution in [1.82, 2.24) is 19.7 Å². The Morgan fingerprint density at radius 2 is 1.81 bits per heavy atom. The van der Waals surface area contributed by atoms with Crippen molar-refractivity contribution in [1.29, 1.82) is 0 Å². The Morgan fingerprint density at radius 3 is 2.58 bits per heavy atom. The van der Waals surface area contributed by atoms with Crippen LogP contribution >= 0.6 is 0 Å². The molecule has 2 fully saturated rings. The van der Waals surface area contributed by atoms with E-state index in [0.29, 0.717) is 13.0 Å². The van der Waals surface area contributed by atoms with Crippen LogP contribution in [0.15, 0.2) is 48.5 Å². The summed E-state index contributed by atoms with van der Waals surface area (Å²) in [5.41, 5.74) is 4.13. The first-order valence-electron chi connectivity index (χ1n) is 12.8.